The third kappa shape index (κ3) is 4.02. The lowest BCUT2D eigenvalue weighted by Crippen LogP contribution is -2.16. The zero-order chi connectivity index (χ0) is 15.4. The van der Waals surface area contributed by atoms with Crippen LogP contribution in [-0.2, 0) is 0 Å². The molecule has 2 N–H and O–H groups in total. The van der Waals surface area contributed by atoms with Gasteiger partial charge in [-0.3, -0.25) is 4.79 Å². The van der Waals surface area contributed by atoms with Crippen molar-refractivity contribution in [1.82, 2.24) is 9.97 Å². The Morgan fingerprint density at radius 1 is 1.14 bits per heavy atom. The van der Waals surface area contributed by atoms with E-state index >= 15 is 0 Å². The maximum absolute atomic E-state index is 12.2. The predicted octanol–water partition coefficient (Wildman–Crippen LogP) is 3.17. The van der Waals surface area contributed by atoms with Crippen LogP contribution in [0, 0.1) is 13.8 Å². The number of nitrogens with one attached hydrogen (secondary N) is 2. The molecule has 21 heavy (non-hydrogen) atoms. The van der Waals surface area contributed by atoms with Crippen molar-refractivity contribution >= 4 is 17.5 Å². The highest BCUT2D eigenvalue weighted by Crippen LogP contribution is 2.17. The monoisotopic (exact) mass is 284 g/mol. The Hall–Kier alpha value is -2.43. The number of hydrogen-bond donors (Lipinski definition) is 2. The highest BCUT2D eigenvalue weighted by atomic mass is 16.1. The van der Waals surface area contributed by atoms with Gasteiger partial charge >= 0.3 is 0 Å². The third-order valence-corrected chi connectivity index (χ3v) is 2.96. The Balaban J connectivity index is 2.09. The van der Waals surface area contributed by atoms with Gasteiger partial charge in [0.15, 0.2) is 0 Å². The van der Waals surface area contributed by atoms with Gasteiger partial charge in [-0.2, -0.15) is 0 Å². The summed E-state index contributed by atoms with van der Waals surface area (Å²) in [6.45, 7) is 8.00. The molecule has 0 spiro atoms. The van der Waals surface area contributed by atoms with E-state index in [4.69, 9.17) is 0 Å². The van der Waals surface area contributed by atoms with Crippen molar-refractivity contribution in [1.29, 1.82) is 0 Å². The van der Waals surface area contributed by atoms with Crippen molar-refractivity contribution in [2.45, 2.75) is 33.7 Å². The summed E-state index contributed by atoms with van der Waals surface area (Å²) in [6.07, 6.45) is 3.05. The Kier molecular flexibility index (Phi) is 4.52. The fourth-order valence-corrected chi connectivity index (χ4v) is 1.93. The minimum absolute atomic E-state index is 0.210. The average molecular weight is 284 g/mol. The molecule has 1 amide bonds. The minimum atomic E-state index is -0.210. The van der Waals surface area contributed by atoms with E-state index in [0.717, 1.165) is 16.8 Å². The van der Waals surface area contributed by atoms with Gasteiger partial charge in [-0.1, -0.05) is 17.7 Å². The van der Waals surface area contributed by atoms with E-state index in [9.17, 15) is 4.79 Å². The van der Waals surface area contributed by atoms with Crippen LogP contribution >= 0.6 is 0 Å². The predicted molar refractivity (Wildman–Crippen MR) is 84.7 cm³/mol. The van der Waals surface area contributed by atoms with Crippen LogP contribution in [0.3, 0.4) is 0 Å². The molecule has 1 aromatic heterocycles. The largest absolute Gasteiger partial charge is 0.352 e. The summed E-state index contributed by atoms with van der Waals surface area (Å²) in [5, 5.41) is 5.96. The normalized spacial score (nSPS) is 10.5. The summed E-state index contributed by atoms with van der Waals surface area (Å²) < 4.78 is 0. The number of rotatable bonds is 4. The maximum Gasteiger partial charge on any atom is 0.258 e. The van der Waals surface area contributed by atoms with Gasteiger partial charge < -0.3 is 10.6 Å². The summed E-state index contributed by atoms with van der Waals surface area (Å²) in [6, 6.07) is 6.15. The van der Waals surface area contributed by atoms with Gasteiger partial charge in [0, 0.05) is 24.1 Å². The third-order valence-electron chi connectivity index (χ3n) is 2.96. The average Bonchev–Trinajstić information content (AvgIpc) is 2.42. The van der Waals surface area contributed by atoms with Crippen LogP contribution in [0.4, 0.5) is 11.6 Å². The molecule has 1 aromatic carbocycles. The summed E-state index contributed by atoms with van der Waals surface area (Å²) in [5.74, 6) is 0.311. The van der Waals surface area contributed by atoms with Gasteiger partial charge in [-0.05, 0) is 39.3 Å². The molecule has 0 aliphatic heterocycles. The highest BCUT2D eigenvalue weighted by Gasteiger charge is 2.09. The molecule has 0 bridgehead atoms. The Labute approximate surface area is 124 Å². The van der Waals surface area contributed by atoms with Crippen LogP contribution in [-0.4, -0.2) is 21.9 Å². The number of anilines is 2. The minimum Gasteiger partial charge on any atom is -0.352 e. The molecule has 0 unspecified atom stereocenters. The second kappa shape index (κ2) is 6.35. The first-order valence-corrected chi connectivity index (χ1v) is 6.93. The number of carbonyl (C=O) groups excluding carboxylic acids is 1. The van der Waals surface area contributed by atoms with Gasteiger partial charge in [0.2, 0.25) is 5.95 Å². The summed E-state index contributed by atoms with van der Waals surface area (Å²) in [7, 11) is 0. The number of aromatic nitrogens is 2. The molecule has 0 radical (unpaired) electrons. The molecule has 5 nitrogen and oxygen atoms in total. The van der Waals surface area contributed by atoms with Crippen LogP contribution < -0.4 is 10.6 Å². The molecule has 110 valence electrons. The molecule has 2 rings (SSSR count). The van der Waals surface area contributed by atoms with Crippen LogP contribution in [0.25, 0.3) is 0 Å². The lowest BCUT2D eigenvalue weighted by Gasteiger charge is -2.10. The second-order valence-corrected chi connectivity index (χ2v) is 5.37. The second-order valence-electron chi connectivity index (χ2n) is 5.37. The molecular weight excluding hydrogens is 264 g/mol. The Bertz CT molecular complexity index is 635. The van der Waals surface area contributed by atoms with Gasteiger partial charge in [0.05, 0.1) is 5.56 Å². The van der Waals surface area contributed by atoms with Crippen molar-refractivity contribution in [3.63, 3.8) is 0 Å². The zero-order valence-electron chi connectivity index (χ0n) is 12.8. The van der Waals surface area contributed by atoms with Crippen LogP contribution in [0.5, 0.6) is 0 Å². The van der Waals surface area contributed by atoms with Gasteiger partial charge in [-0.15, -0.1) is 0 Å². The molecule has 0 aliphatic carbocycles. The Morgan fingerprint density at radius 3 is 2.38 bits per heavy atom. The van der Waals surface area contributed by atoms with Gasteiger partial charge in [0.1, 0.15) is 0 Å². The molecule has 0 aliphatic rings. The molecule has 1 heterocycles. The number of hydrogen-bond acceptors (Lipinski definition) is 4. The number of nitrogens with zero attached hydrogens (tertiary/aromatic N) is 2. The van der Waals surface area contributed by atoms with Crippen molar-refractivity contribution in [3.8, 4) is 0 Å². The number of carbonyl (C=O) groups is 1. The first-order valence-electron chi connectivity index (χ1n) is 6.93. The summed E-state index contributed by atoms with van der Waals surface area (Å²) in [4.78, 5) is 20.4. The van der Waals surface area contributed by atoms with E-state index in [0.29, 0.717) is 11.5 Å². The molecule has 0 atom stereocenters. The molecule has 5 heteroatoms. The molecule has 2 aromatic rings. The first-order chi connectivity index (χ1) is 9.95. The van der Waals surface area contributed by atoms with Crippen molar-refractivity contribution in [3.05, 3.63) is 47.3 Å². The summed E-state index contributed by atoms with van der Waals surface area (Å²) in [5.41, 5.74) is 3.43. The Morgan fingerprint density at radius 2 is 1.81 bits per heavy atom. The van der Waals surface area contributed by atoms with Crippen molar-refractivity contribution in [2.75, 3.05) is 10.6 Å². The van der Waals surface area contributed by atoms with Crippen molar-refractivity contribution < 1.29 is 4.79 Å². The van der Waals surface area contributed by atoms with Gasteiger partial charge in [-0.25, -0.2) is 9.97 Å². The fraction of sp³-hybridized carbons (Fsp3) is 0.312. The molecule has 0 saturated heterocycles. The molecular formula is C16H20N4O. The first kappa shape index (κ1) is 15.0. The van der Waals surface area contributed by atoms with E-state index in [-0.39, 0.29) is 11.9 Å². The number of benzene rings is 1. The lowest BCUT2D eigenvalue weighted by molar-refractivity contribution is 0.102. The standard InChI is InChI=1S/C16H20N4O/c1-10(2)19-16-17-8-13(9-18-16)15(21)20-14-6-5-11(3)7-12(14)4/h5-10H,1-4H3,(H,20,21)(H,17,18,19). The maximum atomic E-state index is 12.2. The quantitative estimate of drug-likeness (QED) is 0.905. The molecule has 0 fully saturated rings. The van der Waals surface area contributed by atoms with Crippen LogP contribution in [0.1, 0.15) is 35.3 Å². The number of amides is 1. The fourth-order valence-electron chi connectivity index (χ4n) is 1.93. The smallest absolute Gasteiger partial charge is 0.258 e. The van der Waals surface area contributed by atoms with Crippen LogP contribution in [0.15, 0.2) is 30.6 Å². The van der Waals surface area contributed by atoms with Crippen LogP contribution in [0.2, 0.25) is 0 Å². The van der Waals surface area contributed by atoms with E-state index in [1.54, 1.807) is 0 Å². The highest BCUT2D eigenvalue weighted by molar-refractivity contribution is 6.04. The topological polar surface area (TPSA) is 66.9 Å². The van der Waals surface area contributed by atoms with E-state index in [1.165, 1.54) is 12.4 Å². The SMILES string of the molecule is Cc1ccc(NC(=O)c2cnc(NC(C)C)nc2)c(C)c1. The summed E-state index contributed by atoms with van der Waals surface area (Å²) >= 11 is 0. The van der Waals surface area contributed by atoms with E-state index in [1.807, 2.05) is 45.9 Å². The van der Waals surface area contributed by atoms with E-state index in [2.05, 4.69) is 20.6 Å². The van der Waals surface area contributed by atoms with Gasteiger partial charge in [0.25, 0.3) is 5.91 Å². The lowest BCUT2D eigenvalue weighted by atomic mass is 10.1. The molecule has 0 saturated carbocycles. The van der Waals surface area contributed by atoms with E-state index < -0.39 is 0 Å². The number of aryl methyl sites for hydroxylation is 2. The van der Waals surface area contributed by atoms with Crippen molar-refractivity contribution in [2.24, 2.45) is 0 Å². The zero-order valence-corrected chi connectivity index (χ0v) is 12.8.